The third-order valence-corrected chi connectivity index (χ3v) is 2.36. The van der Waals surface area contributed by atoms with E-state index in [2.05, 4.69) is 10.6 Å². The molecule has 1 aromatic rings. The Bertz CT molecular complexity index is 500. The minimum atomic E-state index is -1.67. The predicted molar refractivity (Wildman–Crippen MR) is 69.8 cm³/mol. The average molecular weight is 281 g/mol. The topological polar surface area (TPSA) is 142 Å². The van der Waals surface area contributed by atoms with Crippen molar-refractivity contribution in [3.8, 4) is 0 Å². The van der Waals surface area contributed by atoms with Gasteiger partial charge in [0.05, 0.1) is 13.1 Å². The van der Waals surface area contributed by atoms with Crippen LogP contribution in [0.2, 0.25) is 0 Å². The van der Waals surface area contributed by atoms with Gasteiger partial charge in [-0.3, -0.25) is 9.59 Å². The van der Waals surface area contributed by atoms with Crippen molar-refractivity contribution in [2.75, 3.05) is 18.8 Å². The minimum absolute atomic E-state index is 0.324. The first-order chi connectivity index (χ1) is 9.40. The molecule has 8 heteroatoms. The van der Waals surface area contributed by atoms with Crippen LogP contribution in [0.15, 0.2) is 24.3 Å². The van der Waals surface area contributed by atoms with Crippen molar-refractivity contribution in [3.05, 3.63) is 29.8 Å². The van der Waals surface area contributed by atoms with Gasteiger partial charge in [-0.2, -0.15) is 0 Å². The lowest BCUT2D eigenvalue weighted by Gasteiger charge is -2.08. The lowest BCUT2D eigenvalue weighted by Crippen LogP contribution is -2.41. The molecule has 2 amide bonds. The fourth-order valence-corrected chi connectivity index (χ4v) is 1.26. The summed E-state index contributed by atoms with van der Waals surface area (Å²) in [7, 11) is 0. The predicted octanol–water partition coefficient (Wildman–Crippen LogP) is -1.44. The van der Waals surface area contributed by atoms with E-state index < -0.39 is 30.4 Å². The Hall–Kier alpha value is -2.61. The summed E-state index contributed by atoms with van der Waals surface area (Å²) in [5, 5.41) is 21.9. The molecule has 20 heavy (non-hydrogen) atoms. The number of benzene rings is 1. The van der Waals surface area contributed by atoms with Gasteiger partial charge in [0, 0.05) is 11.3 Å². The van der Waals surface area contributed by atoms with Crippen molar-refractivity contribution in [1.82, 2.24) is 10.6 Å². The van der Waals surface area contributed by atoms with Gasteiger partial charge in [-0.15, -0.1) is 0 Å². The number of anilines is 1. The maximum absolute atomic E-state index is 11.6. The van der Waals surface area contributed by atoms with E-state index in [4.69, 9.17) is 15.9 Å². The molecular formula is C12H15N3O5. The molecule has 1 aromatic carbocycles. The summed E-state index contributed by atoms with van der Waals surface area (Å²) in [5.74, 6) is -2.50. The number of carboxylic acids is 1. The van der Waals surface area contributed by atoms with Crippen LogP contribution in [0.25, 0.3) is 0 Å². The number of nitrogens with one attached hydrogen (secondary N) is 2. The molecule has 0 aromatic heterocycles. The summed E-state index contributed by atoms with van der Waals surface area (Å²) in [4.78, 5) is 33.3. The molecule has 0 aliphatic rings. The number of rotatable bonds is 6. The van der Waals surface area contributed by atoms with E-state index in [9.17, 15) is 14.4 Å². The molecule has 0 fully saturated rings. The maximum atomic E-state index is 11.6. The minimum Gasteiger partial charge on any atom is -0.479 e. The van der Waals surface area contributed by atoms with Crippen molar-refractivity contribution < 1.29 is 24.6 Å². The van der Waals surface area contributed by atoms with Crippen LogP contribution >= 0.6 is 0 Å². The first-order valence-corrected chi connectivity index (χ1v) is 5.71. The molecule has 6 N–H and O–H groups in total. The number of nitrogens with two attached hydrogens (primary N) is 1. The highest BCUT2D eigenvalue weighted by molar-refractivity contribution is 5.96. The lowest BCUT2D eigenvalue weighted by molar-refractivity contribution is -0.146. The molecule has 0 aliphatic carbocycles. The van der Waals surface area contributed by atoms with Crippen molar-refractivity contribution in [2.24, 2.45) is 0 Å². The molecule has 8 nitrogen and oxygen atoms in total. The number of hydrogen-bond acceptors (Lipinski definition) is 5. The van der Waals surface area contributed by atoms with Gasteiger partial charge < -0.3 is 26.6 Å². The van der Waals surface area contributed by atoms with Gasteiger partial charge >= 0.3 is 5.97 Å². The highest BCUT2D eigenvalue weighted by Crippen LogP contribution is 2.04. The summed E-state index contributed by atoms with van der Waals surface area (Å²) in [6.45, 7) is -0.749. The maximum Gasteiger partial charge on any atom is 0.334 e. The normalized spacial score (nSPS) is 11.4. The molecule has 1 rings (SSSR count). The Morgan fingerprint density at radius 1 is 1.15 bits per heavy atom. The SMILES string of the molecule is Nc1ccc(C(=O)NCC(=O)NCC(O)C(=O)O)cc1. The standard InChI is InChI=1S/C12H15N3O5/c13-8-3-1-7(2-4-8)11(18)15-6-10(17)14-5-9(16)12(19)20/h1-4,9,16H,5-6,13H2,(H,14,17)(H,15,18)(H,19,20). The number of carboxylic acid groups (broad SMARTS) is 1. The Morgan fingerprint density at radius 2 is 1.75 bits per heavy atom. The molecule has 1 unspecified atom stereocenters. The Labute approximate surface area is 114 Å². The molecule has 0 saturated carbocycles. The number of carbonyl (C=O) groups excluding carboxylic acids is 2. The highest BCUT2D eigenvalue weighted by atomic mass is 16.4. The van der Waals surface area contributed by atoms with Gasteiger partial charge in [-0.05, 0) is 24.3 Å². The zero-order valence-corrected chi connectivity index (χ0v) is 10.5. The number of aliphatic hydroxyl groups excluding tert-OH is 1. The second kappa shape index (κ2) is 7.10. The Morgan fingerprint density at radius 3 is 2.30 bits per heavy atom. The fraction of sp³-hybridized carbons (Fsp3) is 0.250. The Balaban J connectivity index is 2.35. The van der Waals surface area contributed by atoms with Crippen LogP contribution in [-0.4, -0.2) is 47.2 Å². The van der Waals surface area contributed by atoms with Crippen LogP contribution in [-0.2, 0) is 9.59 Å². The molecular weight excluding hydrogens is 266 g/mol. The van der Waals surface area contributed by atoms with E-state index in [0.717, 1.165) is 0 Å². The van der Waals surface area contributed by atoms with Crippen LogP contribution in [0.5, 0.6) is 0 Å². The van der Waals surface area contributed by atoms with E-state index in [1.165, 1.54) is 12.1 Å². The summed E-state index contributed by atoms with van der Waals surface area (Å²) >= 11 is 0. The Kier molecular flexibility index (Phi) is 5.48. The first-order valence-electron chi connectivity index (χ1n) is 5.71. The van der Waals surface area contributed by atoms with Gasteiger partial charge in [0.2, 0.25) is 5.91 Å². The third kappa shape index (κ3) is 4.94. The van der Waals surface area contributed by atoms with Crippen LogP contribution < -0.4 is 16.4 Å². The molecule has 108 valence electrons. The summed E-state index contributed by atoms with van der Waals surface area (Å²) in [6, 6.07) is 6.13. The van der Waals surface area contributed by atoms with Crippen LogP contribution in [0.3, 0.4) is 0 Å². The second-order valence-corrected chi connectivity index (χ2v) is 3.96. The summed E-state index contributed by atoms with van der Waals surface area (Å²) in [5.41, 5.74) is 6.33. The molecule has 0 heterocycles. The molecule has 0 aliphatic heterocycles. The number of aliphatic hydroxyl groups is 1. The van der Waals surface area contributed by atoms with Crippen molar-refractivity contribution in [3.63, 3.8) is 0 Å². The average Bonchev–Trinajstić information content (AvgIpc) is 2.42. The smallest absolute Gasteiger partial charge is 0.334 e. The first kappa shape index (κ1) is 15.4. The van der Waals surface area contributed by atoms with E-state index in [-0.39, 0.29) is 6.54 Å². The quantitative estimate of drug-likeness (QED) is 0.404. The van der Waals surface area contributed by atoms with Crippen molar-refractivity contribution >= 4 is 23.5 Å². The van der Waals surface area contributed by atoms with Crippen LogP contribution in [0.4, 0.5) is 5.69 Å². The zero-order valence-electron chi connectivity index (χ0n) is 10.5. The number of hydrogen-bond donors (Lipinski definition) is 5. The number of aliphatic carboxylic acids is 1. The fourth-order valence-electron chi connectivity index (χ4n) is 1.26. The van der Waals surface area contributed by atoms with Crippen molar-refractivity contribution in [2.45, 2.75) is 6.10 Å². The molecule has 0 spiro atoms. The highest BCUT2D eigenvalue weighted by Gasteiger charge is 2.14. The van der Waals surface area contributed by atoms with Gasteiger partial charge in [-0.1, -0.05) is 0 Å². The molecule has 1 atom stereocenters. The van der Waals surface area contributed by atoms with Gasteiger partial charge in [-0.25, -0.2) is 4.79 Å². The molecule has 0 bridgehead atoms. The van der Waals surface area contributed by atoms with E-state index in [1.807, 2.05) is 0 Å². The van der Waals surface area contributed by atoms with E-state index >= 15 is 0 Å². The van der Waals surface area contributed by atoms with Crippen LogP contribution in [0, 0.1) is 0 Å². The second-order valence-electron chi connectivity index (χ2n) is 3.96. The van der Waals surface area contributed by atoms with Crippen LogP contribution in [0.1, 0.15) is 10.4 Å². The number of carbonyl (C=O) groups is 3. The number of amides is 2. The van der Waals surface area contributed by atoms with E-state index in [1.54, 1.807) is 12.1 Å². The van der Waals surface area contributed by atoms with E-state index in [0.29, 0.717) is 11.3 Å². The molecule has 0 radical (unpaired) electrons. The van der Waals surface area contributed by atoms with Gasteiger partial charge in [0.25, 0.3) is 5.91 Å². The monoisotopic (exact) mass is 281 g/mol. The zero-order chi connectivity index (χ0) is 15.1. The van der Waals surface area contributed by atoms with Crippen molar-refractivity contribution in [1.29, 1.82) is 0 Å². The lowest BCUT2D eigenvalue weighted by atomic mass is 10.2. The molecule has 0 saturated heterocycles. The summed E-state index contributed by atoms with van der Waals surface area (Å²) in [6.07, 6.45) is -1.67. The third-order valence-electron chi connectivity index (χ3n) is 2.36. The number of nitrogen functional groups attached to an aromatic ring is 1. The van der Waals surface area contributed by atoms with Gasteiger partial charge in [0.1, 0.15) is 0 Å². The largest absolute Gasteiger partial charge is 0.479 e. The van der Waals surface area contributed by atoms with Gasteiger partial charge in [0.15, 0.2) is 6.10 Å². The summed E-state index contributed by atoms with van der Waals surface area (Å²) < 4.78 is 0.